The maximum atomic E-state index is 11.8. The van der Waals surface area contributed by atoms with Crippen LogP contribution in [-0.2, 0) is 4.79 Å². The minimum Gasteiger partial charge on any atom is -0.508 e. The number of aromatic hydroxyl groups is 1. The number of phenolic OH excluding ortho intramolecular Hbond substituents is 1. The van der Waals surface area contributed by atoms with Crippen molar-refractivity contribution in [3.8, 4) is 5.75 Å². The Labute approximate surface area is 106 Å². The first-order valence-corrected chi connectivity index (χ1v) is 5.68. The summed E-state index contributed by atoms with van der Waals surface area (Å²) in [5.74, 6) is -2.05. The fourth-order valence-electron chi connectivity index (χ4n) is 1.35. The van der Waals surface area contributed by atoms with Crippen LogP contribution in [0.3, 0.4) is 0 Å². The van der Waals surface area contributed by atoms with Gasteiger partial charge in [-0.2, -0.15) is 0 Å². The normalized spacial score (nSPS) is 14.1. The summed E-state index contributed by atoms with van der Waals surface area (Å²) in [6, 6.07) is 3.62. The molecule has 1 rings (SSSR count). The summed E-state index contributed by atoms with van der Waals surface area (Å²) in [6.07, 6.45) is -1.84. The molecule has 2 atom stereocenters. The van der Waals surface area contributed by atoms with Gasteiger partial charge in [0.15, 0.2) is 11.9 Å². The molecule has 1 aromatic rings. The highest BCUT2D eigenvalue weighted by Crippen LogP contribution is 2.25. The number of rotatable bonds is 4. The lowest BCUT2D eigenvalue weighted by molar-refractivity contribution is -0.146. The Morgan fingerprint density at radius 2 is 1.94 bits per heavy atom. The van der Waals surface area contributed by atoms with Crippen molar-refractivity contribution in [2.75, 3.05) is 0 Å². The first-order chi connectivity index (χ1) is 7.84. The van der Waals surface area contributed by atoms with E-state index in [0.29, 0.717) is 0 Å². The number of benzene rings is 1. The van der Waals surface area contributed by atoms with Crippen LogP contribution in [0.25, 0.3) is 0 Å². The zero-order valence-electron chi connectivity index (χ0n) is 8.92. The molecule has 6 heteroatoms. The Hall–Kier alpha value is -1.40. The molecule has 0 aliphatic heterocycles. The zero-order valence-corrected chi connectivity index (χ0v) is 10.5. The van der Waals surface area contributed by atoms with Crippen LogP contribution in [0.2, 0.25) is 0 Å². The SMILES string of the molecule is CC(Br)C(=O)c1ccc(O)cc1C(O)C(=O)O. The van der Waals surface area contributed by atoms with Gasteiger partial charge in [0.1, 0.15) is 5.75 Å². The van der Waals surface area contributed by atoms with Crippen molar-refractivity contribution in [1.82, 2.24) is 0 Å². The number of carboxylic acids is 1. The molecule has 0 amide bonds. The van der Waals surface area contributed by atoms with Crippen molar-refractivity contribution >= 4 is 27.7 Å². The molecule has 2 unspecified atom stereocenters. The van der Waals surface area contributed by atoms with Gasteiger partial charge >= 0.3 is 5.97 Å². The van der Waals surface area contributed by atoms with Crippen molar-refractivity contribution in [3.05, 3.63) is 29.3 Å². The van der Waals surface area contributed by atoms with E-state index < -0.39 is 16.9 Å². The Balaban J connectivity index is 3.31. The van der Waals surface area contributed by atoms with Crippen molar-refractivity contribution < 1.29 is 24.9 Å². The molecule has 1 aromatic carbocycles. The van der Waals surface area contributed by atoms with Crippen LogP contribution < -0.4 is 0 Å². The maximum absolute atomic E-state index is 11.8. The topological polar surface area (TPSA) is 94.8 Å². The van der Waals surface area contributed by atoms with E-state index in [4.69, 9.17) is 5.11 Å². The number of hydrogen-bond donors (Lipinski definition) is 3. The number of carboxylic acid groups (broad SMARTS) is 1. The van der Waals surface area contributed by atoms with E-state index in [-0.39, 0.29) is 22.7 Å². The predicted octanol–water partition coefficient (Wildman–Crippen LogP) is 1.48. The van der Waals surface area contributed by atoms with Gasteiger partial charge in [-0.15, -0.1) is 0 Å². The van der Waals surface area contributed by atoms with E-state index in [1.807, 2.05) is 0 Å². The van der Waals surface area contributed by atoms with Crippen LogP contribution in [0.4, 0.5) is 0 Å². The van der Waals surface area contributed by atoms with E-state index in [2.05, 4.69) is 15.9 Å². The zero-order chi connectivity index (χ0) is 13.2. The molecule has 0 bridgehead atoms. The first kappa shape index (κ1) is 13.7. The average molecular weight is 303 g/mol. The standard InChI is InChI=1S/C11H11BrO5/c1-5(12)9(14)7-3-2-6(13)4-8(7)10(15)11(16)17/h2-5,10,13,15H,1H3,(H,16,17). The van der Waals surface area contributed by atoms with Crippen molar-refractivity contribution in [2.24, 2.45) is 0 Å². The summed E-state index contributed by atoms with van der Waals surface area (Å²) in [4.78, 5) is 22.0. The van der Waals surface area contributed by atoms with Gasteiger partial charge in [0, 0.05) is 11.1 Å². The number of alkyl halides is 1. The largest absolute Gasteiger partial charge is 0.508 e. The molecular formula is C11H11BrO5. The van der Waals surface area contributed by atoms with Crippen molar-refractivity contribution in [3.63, 3.8) is 0 Å². The third-order valence-electron chi connectivity index (χ3n) is 2.19. The molecule has 0 aromatic heterocycles. The lowest BCUT2D eigenvalue weighted by Gasteiger charge is -2.13. The maximum Gasteiger partial charge on any atom is 0.337 e. The number of aliphatic carboxylic acids is 1. The molecule has 0 saturated carbocycles. The smallest absolute Gasteiger partial charge is 0.337 e. The molecule has 5 nitrogen and oxygen atoms in total. The monoisotopic (exact) mass is 302 g/mol. The molecule has 0 spiro atoms. The summed E-state index contributed by atoms with van der Waals surface area (Å²) < 4.78 is 0. The highest BCUT2D eigenvalue weighted by atomic mass is 79.9. The Bertz CT molecular complexity index is 455. The summed E-state index contributed by atoms with van der Waals surface area (Å²) in [6.45, 7) is 1.59. The summed E-state index contributed by atoms with van der Waals surface area (Å²) >= 11 is 3.07. The molecule has 0 saturated heterocycles. The second kappa shape index (κ2) is 5.29. The quantitative estimate of drug-likeness (QED) is 0.578. The fraction of sp³-hybridized carbons (Fsp3) is 0.273. The van der Waals surface area contributed by atoms with E-state index in [0.717, 1.165) is 6.07 Å². The number of hydrogen-bond acceptors (Lipinski definition) is 4. The predicted molar refractivity (Wildman–Crippen MR) is 63.4 cm³/mol. The van der Waals surface area contributed by atoms with Gasteiger partial charge in [0.25, 0.3) is 0 Å². The van der Waals surface area contributed by atoms with Crippen LogP contribution in [0.1, 0.15) is 28.9 Å². The highest BCUT2D eigenvalue weighted by molar-refractivity contribution is 9.10. The third kappa shape index (κ3) is 3.04. The molecule has 0 fully saturated rings. The molecule has 0 radical (unpaired) electrons. The van der Waals surface area contributed by atoms with E-state index >= 15 is 0 Å². The Morgan fingerprint density at radius 1 is 1.35 bits per heavy atom. The number of ketones is 1. The molecule has 3 N–H and O–H groups in total. The van der Waals surface area contributed by atoms with Gasteiger partial charge in [-0.05, 0) is 25.1 Å². The number of carbonyl (C=O) groups excluding carboxylic acids is 1. The van der Waals surface area contributed by atoms with E-state index in [9.17, 15) is 19.8 Å². The lowest BCUT2D eigenvalue weighted by atomic mass is 9.97. The number of phenols is 1. The van der Waals surface area contributed by atoms with Crippen LogP contribution in [0, 0.1) is 0 Å². The van der Waals surface area contributed by atoms with Gasteiger partial charge < -0.3 is 15.3 Å². The number of halogens is 1. The lowest BCUT2D eigenvalue weighted by Crippen LogP contribution is -2.18. The van der Waals surface area contributed by atoms with Gasteiger partial charge in [0.2, 0.25) is 0 Å². The summed E-state index contributed by atoms with van der Waals surface area (Å²) in [7, 11) is 0. The molecule has 0 aliphatic rings. The molecular weight excluding hydrogens is 292 g/mol. The van der Waals surface area contributed by atoms with Gasteiger partial charge in [-0.1, -0.05) is 15.9 Å². The molecule has 92 valence electrons. The first-order valence-electron chi connectivity index (χ1n) is 4.76. The number of aliphatic hydroxyl groups is 1. The van der Waals surface area contributed by atoms with Crippen LogP contribution in [-0.4, -0.2) is 31.9 Å². The van der Waals surface area contributed by atoms with Gasteiger partial charge in [-0.3, -0.25) is 4.79 Å². The van der Waals surface area contributed by atoms with E-state index in [1.165, 1.54) is 12.1 Å². The number of aliphatic hydroxyl groups excluding tert-OH is 1. The fourth-order valence-corrected chi connectivity index (χ4v) is 1.59. The highest BCUT2D eigenvalue weighted by Gasteiger charge is 2.24. The van der Waals surface area contributed by atoms with Crippen molar-refractivity contribution in [1.29, 1.82) is 0 Å². The molecule has 17 heavy (non-hydrogen) atoms. The summed E-state index contributed by atoms with van der Waals surface area (Å²) in [5.41, 5.74) is -0.0455. The van der Waals surface area contributed by atoms with E-state index in [1.54, 1.807) is 6.92 Å². The molecule has 0 aliphatic carbocycles. The second-order valence-corrected chi connectivity index (χ2v) is 4.87. The Kier molecular flexibility index (Phi) is 4.25. The minimum atomic E-state index is -1.84. The molecule has 0 heterocycles. The van der Waals surface area contributed by atoms with Gasteiger partial charge in [0.05, 0.1) is 4.83 Å². The third-order valence-corrected chi connectivity index (χ3v) is 2.61. The number of Topliss-reactive ketones (excluding diaryl/α,β-unsaturated/α-hetero) is 1. The summed E-state index contributed by atoms with van der Waals surface area (Å²) in [5, 5.41) is 27.4. The van der Waals surface area contributed by atoms with Crippen LogP contribution in [0.5, 0.6) is 5.75 Å². The minimum absolute atomic E-state index is 0.0714. The Morgan fingerprint density at radius 3 is 2.41 bits per heavy atom. The number of carbonyl (C=O) groups is 2. The van der Waals surface area contributed by atoms with Gasteiger partial charge in [-0.25, -0.2) is 4.79 Å². The van der Waals surface area contributed by atoms with Crippen LogP contribution >= 0.6 is 15.9 Å². The second-order valence-electron chi connectivity index (χ2n) is 3.49. The average Bonchev–Trinajstić information content (AvgIpc) is 2.26. The van der Waals surface area contributed by atoms with Crippen molar-refractivity contribution in [2.45, 2.75) is 17.9 Å². The van der Waals surface area contributed by atoms with Crippen LogP contribution in [0.15, 0.2) is 18.2 Å².